The molecule has 0 saturated carbocycles. The number of alkyl halides is 3. The zero-order valence-corrected chi connectivity index (χ0v) is 23.1. The van der Waals surface area contributed by atoms with E-state index in [0.717, 1.165) is 18.7 Å². The molecule has 13 heteroatoms. The quantitative estimate of drug-likeness (QED) is 0.493. The fourth-order valence-electron chi connectivity index (χ4n) is 5.52. The number of likely N-dealkylation sites (tertiary alicyclic amines) is 2. The number of piperidine rings is 2. The second-order valence-electron chi connectivity index (χ2n) is 10.3. The number of benzene rings is 1. The van der Waals surface area contributed by atoms with E-state index in [4.69, 9.17) is 17.3 Å². The highest BCUT2D eigenvalue weighted by Gasteiger charge is 2.48. The first-order valence-electron chi connectivity index (χ1n) is 12.9. The maximum atomic E-state index is 13.3. The summed E-state index contributed by atoms with van der Waals surface area (Å²) in [6, 6.07) is 8.94. The van der Waals surface area contributed by atoms with Crippen molar-refractivity contribution < 1.29 is 26.4 Å². The van der Waals surface area contributed by atoms with Gasteiger partial charge in [0.25, 0.3) is 0 Å². The Morgan fingerprint density at radius 3 is 2.23 bits per heavy atom. The lowest BCUT2D eigenvalue weighted by atomic mass is 9.85. The molecule has 1 amide bonds. The number of amides is 1. The Kier molecular flexibility index (Phi) is 9.09. The maximum absolute atomic E-state index is 13.3. The standard InChI is InChI=1S/C26H33ClF3N5O3S/c1-17(21-6-11-32-23(31)16-21)34-12-9-20(10-13-34)25(36)35-14-7-19(8-15-35)24(18-2-4-22(27)5-3-18)33-39(37,38)26(28,29)30/h2-6,11,16-17,19-20,24,33H,7-10,12-15H2,1H3,(H2,31,32). The van der Waals surface area contributed by atoms with Crippen LogP contribution in [0.2, 0.25) is 5.02 Å². The number of aromatic nitrogens is 1. The van der Waals surface area contributed by atoms with Gasteiger partial charge in [0.15, 0.2) is 0 Å². The van der Waals surface area contributed by atoms with Gasteiger partial charge in [0, 0.05) is 42.3 Å². The lowest BCUT2D eigenvalue weighted by Gasteiger charge is -2.40. The lowest BCUT2D eigenvalue weighted by molar-refractivity contribution is -0.138. The molecule has 4 rings (SSSR count). The largest absolute Gasteiger partial charge is 0.511 e. The first-order valence-corrected chi connectivity index (χ1v) is 14.8. The summed E-state index contributed by atoms with van der Waals surface area (Å²) >= 11 is 5.93. The number of halogens is 4. The molecule has 3 heterocycles. The number of nitrogens with zero attached hydrogens (tertiary/aromatic N) is 3. The summed E-state index contributed by atoms with van der Waals surface area (Å²) in [6.07, 6.45) is 3.86. The Morgan fingerprint density at radius 1 is 1.05 bits per heavy atom. The summed E-state index contributed by atoms with van der Waals surface area (Å²) in [6.45, 7) is 4.33. The molecule has 8 nitrogen and oxygen atoms in total. The van der Waals surface area contributed by atoms with Gasteiger partial charge in [-0.1, -0.05) is 23.7 Å². The number of carbonyl (C=O) groups is 1. The van der Waals surface area contributed by atoms with Gasteiger partial charge in [-0.2, -0.15) is 17.9 Å². The SMILES string of the molecule is CC(c1ccnc(N)c1)N1CCC(C(=O)N2CCC(C(NS(=O)(=O)C(F)(F)F)c3ccc(Cl)cc3)CC2)CC1. The second-order valence-corrected chi connectivity index (χ2v) is 12.4. The number of pyridine rings is 1. The molecule has 0 spiro atoms. The minimum atomic E-state index is -5.57. The fraction of sp³-hybridized carbons (Fsp3) is 0.538. The lowest BCUT2D eigenvalue weighted by Crippen LogP contribution is -2.48. The molecule has 1 aromatic heterocycles. The van der Waals surface area contributed by atoms with Crippen LogP contribution in [0.3, 0.4) is 0 Å². The number of carbonyl (C=O) groups excluding carboxylic acids is 1. The Hall–Kier alpha value is -2.41. The van der Waals surface area contributed by atoms with Crippen molar-refractivity contribution >= 4 is 33.3 Å². The van der Waals surface area contributed by atoms with Crippen molar-refractivity contribution in [3.05, 3.63) is 58.7 Å². The van der Waals surface area contributed by atoms with E-state index in [-0.39, 0.29) is 17.9 Å². The molecule has 2 unspecified atom stereocenters. The van der Waals surface area contributed by atoms with E-state index in [1.165, 1.54) is 24.3 Å². The second kappa shape index (κ2) is 12.0. The van der Waals surface area contributed by atoms with E-state index in [2.05, 4.69) is 16.8 Å². The Bertz CT molecular complexity index is 1250. The highest BCUT2D eigenvalue weighted by atomic mass is 35.5. The molecule has 0 bridgehead atoms. The zero-order chi connectivity index (χ0) is 28.4. The van der Waals surface area contributed by atoms with Gasteiger partial charge in [0.2, 0.25) is 5.91 Å². The third-order valence-electron chi connectivity index (χ3n) is 7.85. The minimum absolute atomic E-state index is 0.0489. The van der Waals surface area contributed by atoms with Crippen LogP contribution in [0.4, 0.5) is 19.0 Å². The molecule has 3 N–H and O–H groups in total. The van der Waals surface area contributed by atoms with E-state index >= 15 is 0 Å². The van der Waals surface area contributed by atoms with Crippen LogP contribution in [0.5, 0.6) is 0 Å². The molecule has 1 aromatic carbocycles. The third kappa shape index (κ3) is 7.03. The van der Waals surface area contributed by atoms with E-state index in [9.17, 15) is 26.4 Å². The molecule has 39 heavy (non-hydrogen) atoms. The summed E-state index contributed by atoms with van der Waals surface area (Å²) in [4.78, 5) is 21.4. The zero-order valence-electron chi connectivity index (χ0n) is 21.6. The van der Waals surface area contributed by atoms with Crippen molar-refractivity contribution in [1.82, 2.24) is 19.5 Å². The van der Waals surface area contributed by atoms with Gasteiger partial charge in [0.1, 0.15) is 5.82 Å². The monoisotopic (exact) mass is 587 g/mol. The molecular formula is C26H33ClF3N5O3S. The number of sulfonamides is 1. The predicted octanol–water partition coefficient (Wildman–Crippen LogP) is 4.51. The van der Waals surface area contributed by atoms with Crippen molar-refractivity contribution in [3.8, 4) is 0 Å². The van der Waals surface area contributed by atoms with Gasteiger partial charge in [0.05, 0.1) is 0 Å². The van der Waals surface area contributed by atoms with Crippen LogP contribution in [0.25, 0.3) is 0 Å². The van der Waals surface area contributed by atoms with Crippen molar-refractivity contribution in [2.24, 2.45) is 11.8 Å². The number of nitrogens with two attached hydrogens (primary N) is 1. The first kappa shape index (κ1) is 29.6. The van der Waals surface area contributed by atoms with Gasteiger partial charge in [-0.05, 0) is 87.0 Å². The van der Waals surface area contributed by atoms with E-state index in [1.54, 1.807) is 11.1 Å². The number of rotatable bonds is 7. The van der Waals surface area contributed by atoms with E-state index in [0.29, 0.717) is 55.2 Å². The van der Waals surface area contributed by atoms with Gasteiger partial charge in [-0.15, -0.1) is 0 Å². The molecule has 2 aromatic rings. The minimum Gasteiger partial charge on any atom is -0.384 e. The van der Waals surface area contributed by atoms with Crippen LogP contribution in [0.1, 0.15) is 55.8 Å². The van der Waals surface area contributed by atoms with E-state index < -0.39 is 27.5 Å². The van der Waals surface area contributed by atoms with Crippen LogP contribution >= 0.6 is 11.6 Å². The third-order valence-corrected chi connectivity index (χ3v) is 9.28. The van der Waals surface area contributed by atoms with Gasteiger partial charge in [-0.3, -0.25) is 9.69 Å². The number of hydrogen-bond acceptors (Lipinski definition) is 6. The van der Waals surface area contributed by atoms with Gasteiger partial charge >= 0.3 is 15.5 Å². The maximum Gasteiger partial charge on any atom is 0.511 e. The Morgan fingerprint density at radius 2 is 1.67 bits per heavy atom. The van der Waals surface area contributed by atoms with Gasteiger partial charge < -0.3 is 10.6 Å². The molecule has 2 fully saturated rings. The molecular weight excluding hydrogens is 555 g/mol. The Labute approximate surface area is 231 Å². The highest BCUT2D eigenvalue weighted by Crippen LogP contribution is 2.36. The summed E-state index contributed by atoms with van der Waals surface area (Å²) in [5.74, 6) is -0.0173. The number of nitrogens with one attached hydrogen (secondary N) is 1. The predicted molar refractivity (Wildman–Crippen MR) is 143 cm³/mol. The van der Waals surface area contributed by atoms with E-state index in [1.807, 2.05) is 16.9 Å². The van der Waals surface area contributed by atoms with Crippen LogP contribution in [0, 0.1) is 11.8 Å². The fourth-order valence-corrected chi connectivity index (χ4v) is 6.44. The average Bonchev–Trinajstić information content (AvgIpc) is 2.91. The van der Waals surface area contributed by atoms with Crippen molar-refractivity contribution in [2.75, 3.05) is 31.9 Å². The Balaban J connectivity index is 1.36. The molecule has 2 saturated heterocycles. The molecule has 214 valence electrons. The summed E-state index contributed by atoms with van der Waals surface area (Å²) in [7, 11) is -5.57. The molecule has 0 aliphatic carbocycles. The molecule has 2 atom stereocenters. The normalized spacial score (nSPS) is 20.1. The molecule has 2 aliphatic heterocycles. The average molecular weight is 588 g/mol. The van der Waals surface area contributed by atoms with Crippen LogP contribution in [0.15, 0.2) is 42.6 Å². The molecule has 2 aliphatic rings. The first-order chi connectivity index (χ1) is 18.4. The molecule has 0 radical (unpaired) electrons. The van der Waals surface area contributed by atoms with Crippen LogP contribution in [-0.2, 0) is 14.8 Å². The van der Waals surface area contributed by atoms with Crippen molar-refractivity contribution in [3.63, 3.8) is 0 Å². The summed E-state index contributed by atoms with van der Waals surface area (Å²) in [5.41, 5.74) is 1.86. The summed E-state index contributed by atoms with van der Waals surface area (Å²) < 4.78 is 65.3. The van der Waals surface area contributed by atoms with Crippen molar-refractivity contribution in [1.29, 1.82) is 0 Å². The summed E-state index contributed by atoms with van der Waals surface area (Å²) in [5, 5.41) is 0.391. The highest BCUT2D eigenvalue weighted by molar-refractivity contribution is 7.90. The van der Waals surface area contributed by atoms with Crippen molar-refractivity contribution in [2.45, 2.75) is 50.2 Å². The topological polar surface area (TPSA) is 109 Å². The smallest absolute Gasteiger partial charge is 0.384 e. The number of hydrogen-bond donors (Lipinski definition) is 2. The van der Waals surface area contributed by atoms with Crippen LogP contribution in [-0.4, -0.2) is 60.8 Å². The van der Waals surface area contributed by atoms with Gasteiger partial charge in [-0.25, -0.2) is 13.4 Å². The number of nitrogen functional groups attached to an aromatic ring is 1. The number of anilines is 1. The van der Waals surface area contributed by atoms with Crippen LogP contribution < -0.4 is 10.5 Å².